The monoisotopic (exact) mass is 446 g/mol. The standard InChI is InChI=1S/C26H27FN4O2/c1-14-12-18-19(13-15(14)2)29-21-20(28-18)25(5)10-11-26(21,24(25,3)4)23(33)31-30-22(32)16-8-6-7-9-17(16)27/h6-9,12-13H,10-11H2,1-5H3,(H,30,32)(H,31,33). The molecule has 1 heterocycles. The summed E-state index contributed by atoms with van der Waals surface area (Å²) in [5, 5.41) is 0. The molecule has 2 N–H and O–H groups in total. The predicted molar refractivity (Wildman–Crippen MR) is 123 cm³/mol. The third-order valence-electron chi connectivity index (χ3n) is 8.45. The van der Waals surface area contributed by atoms with Crippen LogP contribution in [0.5, 0.6) is 0 Å². The molecule has 7 heteroatoms. The second-order valence-corrected chi connectivity index (χ2v) is 10.1. The van der Waals surface area contributed by atoms with Crippen molar-refractivity contribution in [2.75, 3.05) is 0 Å². The van der Waals surface area contributed by atoms with Crippen molar-refractivity contribution in [1.29, 1.82) is 0 Å². The number of amides is 2. The Morgan fingerprint density at radius 3 is 2.15 bits per heavy atom. The molecule has 3 aromatic rings. The smallest absolute Gasteiger partial charge is 0.272 e. The number of nitrogens with zero attached hydrogens (tertiary/aromatic N) is 2. The first-order valence-corrected chi connectivity index (χ1v) is 11.2. The Morgan fingerprint density at radius 1 is 0.909 bits per heavy atom. The summed E-state index contributed by atoms with van der Waals surface area (Å²) in [7, 11) is 0. The molecule has 0 radical (unpaired) electrons. The highest BCUT2D eigenvalue weighted by Crippen LogP contribution is 2.70. The summed E-state index contributed by atoms with van der Waals surface area (Å²) in [5.74, 6) is -1.70. The zero-order chi connectivity index (χ0) is 23.8. The van der Waals surface area contributed by atoms with E-state index in [0.29, 0.717) is 12.1 Å². The van der Waals surface area contributed by atoms with Gasteiger partial charge in [0.2, 0.25) is 0 Å². The van der Waals surface area contributed by atoms with E-state index < -0.39 is 22.6 Å². The van der Waals surface area contributed by atoms with Crippen LogP contribution in [-0.2, 0) is 15.6 Å². The van der Waals surface area contributed by atoms with Gasteiger partial charge in [0.05, 0.1) is 28.0 Å². The maximum Gasteiger partial charge on any atom is 0.272 e. The minimum atomic E-state index is -0.959. The van der Waals surface area contributed by atoms with Gasteiger partial charge in [-0.1, -0.05) is 32.9 Å². The molecule has 170 valence electrons. The van der Waals surface area contributed by atoms with Gasteiger partial charge in [0, 0.05) is 5.41 Å². The Morgan fingerprint density at radius 2 is 1.52 bits per heavy atom. The molecule has 33 heavy (non-hydrogen) atoms. The number of fused-ring (bicyclic) bond motifs is 6. The number of hydrazine groups is 1. The molecule has 2 aromatic carbocycles. The first-order chi connectivity index (χ1) is 15.5. The predicted octanol–water partition coefficient (Wildman–Crippen LogP) is 4.18. The summed E-state index contributed by atoms with van der Waals surface area (Å²) < 4.78 is 14.0. The molecule has 6 nitrogen and oxygen atoms in total. The Kier molecular flexibility index (Phi) is 4.45. The van der Waals surface area contributed by atoms with Crippen molar-refractivity contribution in [3.8, 4) is 0 Å². The molecule has 2 aliphatic carbocycles. The SMILES string of the molecule is Cc1cc2nc3c(nc2cc1C)C1(C(=O)NNC(=O)c2ccccc2F)CCC3(C)C1(C)C. The molecular formula is C26H27FN4O2. The maximum atomic E-state index is 14.0. The van der Waals surface area contributed by atoms with E-state index in [4.69, 9.17) is 9.97 Å². The van der Waals surface area contributed by atoms with Gasteiger partial charge in [-0.05, 0) is 67.5 Å². The van der Waals surface area contributed by atoms with Crippen LogP contribution in [0.3, 0.4) is 0 Å². The zero-order valence-electron chi connectivity index (χ0n) is 19.5. The fourth-order valence-electron chi connectivity index (χ4n) is 5.79. The minimum Gasteiger partial charge on any atom is -0.272 e. The second-order valence-electron chi connectivity index (χ2n) is 10.1. The number of carbonyl (C=O) groups excluding carboxylic acids is 2. The number of halogens is 1. The third-order valence-corrected chi connectivity index (χ3v) is 8.45. The van der Waals surface area contributed by atoms with Gasteiger partial charge in [-0.25, -0.2) is 14.4 Å². The molecule has 0 aliphatic heterocycles. The van der Waals surface area contributed by atoms with Crippen LogP contribution in [0.2, 0.25) is 0 Å². The van der Waals surface area contributed by atoms with Crippen LogP contribution in [0, 0.1) is 25.1 Å². The molecule has 1 fully saturated rings. The first-order valence-electron chi connectivity index (χ1n) is 11.2. The average molecular weight is 447 g/mol. The van der Waals surface area contributed by atoms with Crippen molar-refractivity contribution in [3.05, 3.63) is 70.3 Å². The Balaban J connectivity index is 1.56. The van der Waals surface area contributed by atoms with Gasteiger partial charge in [-0.15, -0.1) is 0 Å². The van der Waals surface area contributed by atoms with Crippen molar-refractivity contribution in [2.45, 2.75) is 58.3 Å². The Hall–Kier alpha value is -3.35. The highest BCUT2D eigenvalue weighted by Gasteiger charge is 2.73. The number of nitrogens with one attached hydrogen (secondary N) is 2. The lowest BCUT2D eigenvalue weighted by atomic mass is 9.63. The van der Waals surface area contributed by atoms with Gasteiger partial charge in [-0.2, -0.15) is 0 Å². The molecule has 2 bridgehead atoms. The summed E-state index contributed by atoms with van der Waals surface area (Å²) >= 11 is 0. The molecule has 1 saturated carbocycles. The van der Waals surface area contributed by atoms with Gasteiger partial charge in [0.15, 0.2) is 0 Å². The molecular weight excluding hydrogens is 419 g/mol. The van der Waals surface area contributed by atoms with Crippen LogP contribution in [0.25, 0.3) is 11.0 Å². The lowest BCUT2D eigenvalue weighted by molar-refractivity contribution is -0.131. The van der Waals surface area contributed by atoms with E-state index in [2.05, 4.69) is 38.5 Å². The van der Waals surface area contributed by atoms with Gasteiger partial charge in [0.25, 0.3) is 11.8 Å². The molecule has 0 saturated heterocycles. The molecule has 0 spiro atoms. The van der Waals surface area contributed by atoms with E-state index in [0.717, 1.165) is 34.3 Å². The van der Waals surface area contributed by atoms with Crippen LogP contribution in [0.4, 0.5) is 4.39 Å². The summed E-state index contributed by atoms with van der Waals surface area (Å²) in [6, 6.07) is 9.71. The Labute approximate surface area is 192 Å². The fraction of sp³-hybridized carbons (Fsp3) is 0.385. The number of aromatic nitrogens is 2. The lowest BCUT2D eigenvalue weighted by Crippen LogP contribution is -2.55. The van der Waals surface area contributed by atoms with E-state index in [9.17, 15) is 14.0 Å². The van der Waals surface area contributed by atoms with E-state index in [1.807, 2.05) is 19.1 Å². The zero-order valence-corrected chi connectivity index (χ0v) is 19.5. The number of hydrogen-bond acceptors (Lipinski definition) is 4. The van der Waals surface area contributed by atoms with Gasteiger partial charge < -0.3 is 0 Å². The fourth-order valence-corrected chi connectivity index (χ4v) is 5.79. The quantitative estimate of drug-likeness (QED) is 0.579. The number of aryl methyl sites for hydroxylation is 2. The van der Waals surface area contributed by atoms with Crippen LogP contribution in [-0.4, -0.2) is 21.8 Å². The number of hydrogen-bond donors (Lipinski definition) is 2. The highest BCUT2D eigenvalue weighted by atomic mass is 19.1. The summed E-state index contributed by atoms with van der Waals surface area (Å²) in [4.78, 5) is 36.2. The Bertz CT molecular complexity index is 1350. The number of carbonyl (C=O) groups is 2. The highest BCUT2D eigenvalue weighted by molar-refractivity contribution is 5.98. The average Bonchev–Trinajstić information content (AvgIpc) is 3.07. The molecule has 2 amide bonds. The topological polar surface area (TPSA) is 84.0 Å². The summed E-state index contributed by atoms with van der Waals surface area (Å²) in [6.45, 7) is 10.4. The summed E-state index contributed by atoms with van der Waals surface area (Å²) in [5.41, 5.74) is 8.43. The molecule has 2 aliphatic rings. The first kappa shape index (κ1) is 21.5. The minimum absolute atomic E-state index is 0.130. The van der Waals surface area contributed by atoms with Crippen molar-refractivity contribution >= 4 is 22.8 Å². The van der Waals surface area contributed by atoms with Crippen LogP contribution in [0.1, 0.15) is 66.5 Å². The van der Waals surface area contributed by atoms with Crippen molar-refractivity contribution < 1.29 is 14.0 Å². The number of rotatable bonds is 2. The van der Waals surface area contributed by atoms with Crippen molar-refractivity contribution in [3.63, 3.8) is 0 Å². The van der Waals surface area contributed by atoms with E-state index >= 15 is 0 Å². The normalized spacial score (nSPS) is 24.5. The molecule has 2 unspecified atom stereocenters. The van der Waals surface area contributed by atoms with Gasteiger partial charge in [-0.3, -0.25) is 20.4 Å². The molecule has 2 atom stereocenters. The lowest BCUT2D eigenvalue weighted by Gasteiger charge is -2.39. The van der Waals surface area contributed by atoms with Crippen molar-refractivity contribution in [2.24, 2.45) is 5.41 Å². The van der Waals surface area contributed by atoms with Gasteiger partial charge >= 0.3 is 0 Å². The molecule has 1 aromatic heterocycles. The second kappa shape index (κ2) is 6.83. The maximum absolute atomic E-state index is 14.0. The van der Waals surface area contributed by atoms with Gasteiger partial charge in [0.1, 0.15) is 11.2 Å². The molecule has 5 rings (SSSR count). The van der Waals surface area contributed by atoms with Crippen molar-refractivity contribution in [1.82, 2.24) is 20.8 Å². The van der Waals surface area contributed by atoms with E-state index in [1.54, 1.807) is 6.07 Å². The van der Waals surface area contributed by atoms with E-state index in [-0.39, 0.29) is 16.9 Å². The summed E-state index contributed by atoms with van der Waals surface area (Å²) in [6.07, 6.45) is 1.38. The van der Waals surface area contributed by atoms with Crippen LogP contribution < -0.4 is 10.9 Å². The largest absolute Gasteiger partial charge is 0.272 e. The van der Waals surface area contributed by atoms with Crippen LogP contribution in [0.15, 0.2) is 36.4 Å². The van der Waals surface area contributed by atoms with Crippen LogP contribution >= 0.6 is 0 Å². The third kappa shape index (κ3) is 2.65. The number of benzene rings is 2. The van der Waals surface area contributed by atoms with E-state index in [1.165, 1.54) is 18.2 Å².